The Morgan fingerprint density at radius 1 is 1.25 bits per heavy atom. The zero-order chi connectivity index (χ0) is 12.2. The van der Waals surface area contributed by atoms with Crippen LogP contribution in [0.2, 0.25) is 0 Å². The molecular weight excluding hydrogens is 220 g/mol. The molecule has 0 aliphatic rings. The van der Waals surface area contributed by atoms with Crippen LogP contribution >= 0.6 is 0 Å². The van der Waals surface area contributed by atoms with E-state index < -0.39 is 13.3 Å². The normalized spacial score (nSPS) is 11.0. The van der Waals surface area contributed by atoms with E-state index in [-0.39, 0.29) is 17.8 Å². The number of rotatable bonds is 4. The monoisotopic (exact) mass is 229 g/mol. The molecule has 1 aromatic carbocycles. The number of benzene rings is 1. The van der Waals surface area contributed by atoms with Gasteiger partial charge in [-0.15, -0.1) is 0 Å². The SMILES string of the molecule is [N-]=[N+]=Nc1cc(CN)cc(C[B-](F)(F)F)c1. The third kappa shape index (κ3) is 3.84. The van der Waals surface area contributed by atoms with Gasteiger partial charge in [0.1, 0.15) is 0 Å². The summed E-state index contributed by atoms with van der Waals surface area (Å²) in [6.07, 6.45) is -0.998. The van der Waals surface area contributed by atoms with Crippen LogP contribution in [0.5, 0.6) is 0 Å². The third-order valence-corrected chi connectivity index (χ3v) is 1.90. The molecule has 0 unspecified atom stereocenters. The van der Waals surface area contributed by atoms with Gasteiger partial charge in [-0.25, -0.2) is 0 Å². The quantitative estimate of drug-likeness (QED) is 0.366. The fourth-order valence-corrected chi connectivity index (χ4v) is 1.36. The summed E-state index contributed by atoms with van der Waals surface area (Å²) in [6, 6.07) is 4.05. The maximum Gasteiger partial charge on any atom is 0.482 e. The molecule has 0 saturated carbocycles. The van der Waals surface area contributed by atoms with Crippen LogP contribution in [0.25, 0.3) is 10.4 Å². The summed E-state index contributed by atoms with van der Waals surface area (Å²) < 4.78 is 36.7. The topological polar surface area (TPSA) is 74.8 Å². The lowest BCUT2D eigenvalue weighted by Gasteiger charge is -2.14. The van der Waals surface area contributed by atoms with Crippen molar-refractivity contribution in [1.29, 1.82) is 0 Å². The molecule has 0 atom stereocenters. The summed E-state index contributed by atoms with van der Waals surface area (Å²) in [5, 5.41) is 3.27. The molecule has 0 aliphatic heterocycles. The molecule has 0 amide bonds. The lowest BCUT2D eigenvalue weighted by atomic mass is 9.81. The predicted octanol–water partition coefficient (Wildman–Crippen LogP) is 3.02. The Morgan fingerprint density at radius 2 is 1.88 bits per heavy atom. The van der Waals surface area contributed by atoms with Gasteiger partial charge in [-0.2, -0.15) is 0 Å². The predicted molar refractivity (Wildman–Crippen MR) is 55.9 cm³/mol. The van der Waals surface area contributed by atoms with Gasteiger partial charge in [-0.3, -0.25) is 0 Å². The lowest BCUT2D eigenvalue weighted by molar-refractivity contribution is 0.468. The van der Waals surface area contributed by atoms with Crippen molar-refractivity contribution in [2.45, 2.75) is 12.9 Å². The van der Waals surface area contributed by atoms with Gasteiger partial charge < -0.3 is 18.7 Å². The molecule has 1 rings (SSSR count). The number of nitrogens with two attached hydrogens (primary N) is 1. The number of azide groups is 1. The summed E-state index contributed by atoms with van der Waals surface area (Å²) in [7, 11) is 0. The largest absolute Gasteiger partial charge is 0.482 e. The van der Waals surface area contributed by atoms with Crippen molar-refractivity contribution in [3.8, 4) is 0 Å². The molecule has 16 heavy (non-hydrogen) atoms. The highest BCUT2D eigenvalue weighted by Gasteiger charge is 2.23. The van der Waals surface area contributed by atoms with E-state index in [9.17, 15) is 12.9 Å². The van der Waals surface area contributed by atoms with E-state index in [0.29, 0.717) is 5.56 Å². The minimum atomic E-state index is -4.90. The van der Waals surface area contributed by atoms with E-state index >= 15 is 0 Å². The van der Waals surface area contributed by atoms with E-state index in [1.54, 1.807) is 0 Å². The lowest BCUT2D eigenvalue weighted by Crippen LogP contribution is -2.19. The van der Waals surface area contributed by atoms with Crippen molar-refractivity contribution in [2.24, 2.45) is 10.8 Å². The molecule has 0 bridgehead atoms. The maximum atomic E-state index is 12.2. The highest BCUT2D eigenvalue weighted by molar-refractivity contribution is 6.57. The molecule has 0 aliphatic carbocycles. The van der Waals surface area contributed by atoms with Crippen molar-refractivity contribution >= 4 is 12.7 Å². The average Bonchev–Trinajstić information content (AvgIpc) is 2.15. The van der Waals surface area contributed by atoms with Gasteiger partial charge in [0.2, 0.25) is 0 Å². The van der Waals surface area contributed by atoms with Gasteiger partial charge in [-0.1, -0.05) is 29.1 Å². The van der Waals surface area contributed by atoms with Gasteiger partial charge in [0.25, 0.3) is 0 Å². The smallest absolute Gasteiger partial charge is 0.449 e. The van der Waals surface area contributed by atoms with Gasteiger partial charge in [0.05, 0.1) is 0 Å². The molecule has 0 saturated heterocycles. The highest BCUT2D eigenvalue weighted by Crippen LogP contribution is 2.22. The van der Waals surface area contributed by atoms with E-state index in [1.807, 2.05) is 0 Å². The Morgan fingerprint density at radius 3 is 2.38 bits per heavy atom. The molecule has 8 heteroatoms. The summed E-state index contributed by atoms with van der Waals surface area (Å²) in [6.45, 7) is -4.80. The molecular formula is C8H9BF3N4-. The Bertz CT molecular complexity index is 426. The minimum absolute atomic E-state index is 0.0675. The minimum Gasteiger partial charge on any atom is -0.449 e. The maximum absolute atomic E-state index is 12.2. The second kappa shape index (κ2) is 4.91. The summed E-state index contributed by atoms with van der Waals surface area (Å²) in [4.78, 5) is 2.53. The molecule has 0 aromatic heterocycles. The van der Waals surface area contributed by atoms with Gasteiger partial charge >= 0.3 is 6.98 Å². The van der Waals surface area contributed by atoms with Crippen LogP contribution in [0.3, 0.4) is 0 Å². The van der Waals surface area contributed by atoms with Crippen LogP contribution in [-0.4, -0.2) is 6.98 Å². The summed E-state index contributed by atoms with van der Waals surface area (Å²) in [5.41, 5.74) is 14.3. The zero-order valence-corrected chi connectivity index (χ0v) is 8.28. The molecule has 86 valence electrons. The van der Waals surface area contributed by atoms with E-state index in [2.05, 4.69) is 10.0 Å². The van der Waals surface area contributed by atoms with Crippen molar-refractivity contribution in [3.05, 3.63) is 39.8 Å². The third-order valence-electron chi connectivity index (χ3n) is 1.90. The van der Waals surface area contributed by atoms with E-state index in [0.717, 1.165) is 0 Å². The first kappa shape index (κ1) is 12.4. The number of nitrogens with zero attached hydrogens (tertiary/aromatic N) is 3. The van der Waals surface area contributed by atoms with Gasteiger partial charge in [0.15, 0.2) is 0 Å². The summed E-state index contributed by atoms with van der Waals surface area (Å²) >= 11 is 0. The van der Waals surface area contributed by atoms with Crippen LogP contribution in [0.15, 0.2) is 23.3 Å². The Balaban J connectivity index is 3.09. The fraction of sp³-hybridized carbons (Fsp3) is 0.250. The first-order chi connectivity index (χ1) is 7.44. The van der Waals surface area contributed by atoms with Crippen molar-refractivity contribution in [1.82, 2.24) is 0 Å². The molecule has 1 aromatic rings. The summed E-state index contributed by atoms with van der Waals surface area (Å²) in [5.74, 6) is 0. The second-order valence-corrected chi connectivity index (χ2v) is 3.32. The number of hydrogen-bond acceptors (Lipinski definition) is 2. The van der Waals surface area contributed by atoms with Crippen LogP contribution < -0.4 is 5.73 Å². The Hall–Kier alpha value is -1.66. The van der Waals surface area contributed by atoms with E-state index in [4.69, 9.17) is 11.3 Å². The molecule has 2 N–H and O–H groups in total. The standard InChI is InChI=1S/C8H9BF3N4/c10-9(11,12)4-6-1-7(5-13)3-8(2-6)15-16-14/h1-3H,4-5,13H2/q-1. The first-order valence-corrected chi connectivity index (χ1v) is 4.53. The van der Waals surface area contributed by atoms with Crippen molar-refractivity contribution < 1.29 is 12.9 Å². The first-order valence-electron chi connectivity index (χ1n) is 4.53. The highest BCUT2D eigenvalue weighted by atomic mass is 19.4. The number of halogens is 3. The van der Waals surface area contributed by atoms with Crippen LogP contribution in [0, 0.1) is 0 Å². The van der Waals surface area contributed by atoms with E-state index in [1.165, 1.54) is 18.2 Å². The molecule has 4 nitrogen and oxygen atoms in total. The second-order valence-electron chi connectivity index (χ2n) is 3.32. The molecule has 0 heterocycles. The van der Waals surface area contributed by atoms with Gasteiger partial charge in [0, 0.05) is 17.1 Å². The van der Waals surface area contributed by atoms with Crippen LogP contribution in [0.1, 0.15) is 11.1 Å². The van der Waals surface area contributed by atoms with Crippen LogP contribution in [-0.2, 0) is 12.9 Å². The fourth-order valence-electron chi connectivity index (χ4n) is 1.36. The molecule has 0 spiro atoms. The Labute approximate surface area is 89.9 Å². The van der Waals surface area contributed by atoms with Crippen LogP contribution in [0.4, 0.5) is 18.6 Å². The molecule has 0 radical (unpaired) electrons. The molecule has 0 fully saturated rings. The number of hydrogen-bond donors (Lipinski definition) is 1. The average molecular weight is 229 g/mol. The van der Waals surface area contributed by atoms with Gasteiger partial charge in [-0.05, 0) is 17.2 Å². The van der Waals surface area contributed by atoms with Crippen molar-refractivity contribution in [3.63, 3.8) is 0 Å². The zero-order valence-electron chi connectivity index (χ0n) is 8.28. The Kier molecular flexibility index (Phi) is 3.81. The van der Waals surface area contributed by atoms with Crippen molar-refractivity contribution in [2.75, 3.05) is 0 Å².